The van der Waals surface area contributed by atoms with Gasteiger partial charge in [-0.2, -0.15) is 5.26 Å². The highest BCUT2D eigenvalue weighted by molar-refractivity contribution is 7.10. The van der Waals surface area contributed by atoms with Gasteiger partial charge < -0.3 is 0 Å². The molecule has 0 atom stereocenters. The largest absolute Gasteiger partial charge is 0.198 e. The predicted octanol–water partition coefficient (Wildman–Crippen LogP) is 3.98. The van der Waals surface area contributed by atoms with Crippen LogP contribution in [0.1, 0.15) is 16.0 Å². The van der Waals surface area contributed by atoms with E-state index in [0.717, 1.165) is 11.1 Å². The van der Waals surface area contributed by atoms with E-state index in [1.54, 1.807) is 11.3 Å². The first-order chi connectivity index (χ1) is 7.90. The van der Waals surface area contributed by atoms with Gasteiger partial charge in [-0.1, -0.05) is 36.4 Å². The van der Waals surface area contributed by atoms with Crippen LogP contribution in [0.25, 0.3) is 12.2 Å². The van der Waals surface area contributed by atoms with E-state index in [9.17, 15) is 0 Å². The number of hydrogen-bond donors (Lipinski definition) is 0. The SMILES string of the molecule is N#CCc1ccccc1/C=C/c1cccs1. The van der Waals surface area contributed by atoms with Gasteiger partial charge in [-0.15, -0.1) is 11.3 Å². The maximum absolute atomic E-state index is 8.72. The summed E-state index contributed by atoms with van der Waals surface area (Å²) in [5.41, 5.74) is 2.20. The lowest BCUT2D eigenvalue weighted by Crippen LogP contribution is -1.85. The van der Waals surface area contributed by atoms with Crippen molar-refractivity contribution in [3.8, 4) is 6.07 Å². The second-order valence-corrected chi connectivity index (χ2v) is 4.36. The smallest absolute Gasteiger partial charge is 0.0669 e. The summed E-state index contributed by atoms with van der Waals surface area (Å²) in [5, 5.41) is 10.8. The Bertz CT molecular complexity index is 518. The van der Waals surface area contributed by atoms with Gasteiger partial charge in [0.25, 0.3) is 0 Å². The van der Waals surface area contributed by atoms with Crippen molar-refractivity contribution in [2.75, 3.05) is 0 Å². The molecule has 0 bridgehead atoms. The molecule has 0 saturated carbocycles. The zero-order chi connectivity index (χ0) is 11.2. The lowest BCUT2D eigenvalue weighted by Gasteiger charge is -2.00. The first-order valence-electron chi connectivity index (χ1n) is 5.06. The maximum Gasteiger partial charge on any atom is 0.0669 e. The summed E-state index contributed by atoms with van der Waals surface area (Å²) in [5.74, 6) is 0. The molecule has 1 aromatic carbocycles. The fourth-order valence-corrected chi connectivity index (χ4v) is 2.12. The van der Waals surface area contributed by atoms with E-state index in [0.29, 0.717) is 6.42 Å². The topological polar surface area (TPSA) is 23.8 Å². The average Bonchev–Trinajstić information content (AvgIpc) is 2.81. The van der Waals surface area contributed by atoms with Crippen molar-refractivity contribution in [2.45, 2.75) is 6.42 Å². The zero-order valence-corrected chi connectivity index (χ0v) is 9.58. The highest BCUT2D eigenvalue weighted by Crippen LogP contribution is 2.16. The van der Waals surface area contributed by atoms with Crippen LogP contribution in [0.15, 0.2) is 41.8 Å². The van der Waals surface area contributed by atoms with Gasteiger partial charge in [0.2, 0.25) is 0 Å². The summed E-state index contributed by atoms with van der Waals surface area (Å²) in [4.78, 5) is 1.23. The molecule has 0 aliphatic carbocycles. The van der Waals surface area contributed by atoms with Crippen molar-refractivity contribution < 1.29 is 0 Å². The Labute approximate surface area is 99.3 Å². The normalized spacial score (nSPS) is 10.4. The fourth-order valence-electron chi connectivity index (χ4n) is 1.50. The Balaban J connectivity index is 2.24. The van der Waals surface area contributed by atoms with Gasteiger partial charge >= 0.3 is 0 Å². The van der Waals surface area contributed by atoms with Crippen LogP contribution in [0.2, 0.25) is 0 Å². The van der Waals surface area contributed by atoms with E-state index in [1.165, 1.54) is 4.88 Å². The zero-order valence-electron chi connectivity index (χ0n) is 8.76. The van der Waals surface area contributed by atoms with Crippen LogP contribution in [0, 0.1) is 11.3 Å². The molecule has 0 fully saturated rings. The molecule has 1 aromatic heterocycles. The summed E-state index contributed by atoms with van der Waals surface area (Å²) in [6, 6.07) is 14.3. The Morgan fingerprint density at radius 1 is 1.12 bits per heavy atom. The van der Waals surface area contributed by atoms with Crippen LogP contribution < -0.4 is 0 Å². The summed E-state index contributed by atoms with van der Waals surface area (Å²) in [6.45, 7) is 0. The third-order valence-electron chi connectivity index (χ3n) is 2.29. The monoisotopic (exact) mass is 225 g/mol. The minimum absolute atomic E-state index is 0.463. The van der Waals surface area contributed by atoms with Crippen LogP contribution in [0.5, 0.6) is 0 Å². The lowest BCUT2D eigenvalue weighted by molar-refractivity contribution is 1.25. The molecule has 0 saturated heterocycles. The summed E-state index contributed by atoms with van der Waals surface area (Å²) in [7, 11) is 0. The van der Waals surface area contributed by atoms with Gasteiger partial charge in [0, 0.05) is 4.88 Å². The van der Waals surface area contributed by atoms with Crippen LogP contribution >= 0.6 is 11.3 Å². The summed E-state index contributed by atoms with van der Waals surface area (Å²) in [6.07, 6.45) is 4.62. The van der Waals surface area contributed by atoms with Crippen molar-refractivity contribution in [3.05, 3.63) is 57.8 Å². The van der Waals surface area contributed by atoms with Crippen molar-refractivity contribution in [1.82, 2.24) is 0 Å². The fraction of sp³-hybridized carbons (Fsp3) is 0.0714. The molecule has 0 unspecified atom stereocenters. The molecule has 2 heteroatoms. The van der Waals surface area contributed by atoms with Gasteiger partial charge in [0.05, 0.1) is 12.5 Å². The quantitative estimate of drug-likeness (QED) is 0.775. The number of hydrogen-bond acceptors (Lipinski definition) is 2. The number of benzene rings is 1. The second kappa shape index (κ2) is 5.29. The molecular formula is C14H11NS. The van der Waals surface area contributed by atoms with Crippen LogP contribution in [-0.4, -0.2) is 0 Å². The molecule has 1 heterocycles. The van der Waals surface area contributed by atoms with E-state index < -0.39 is 0 Å². The molecule has 0 amide bonds. The number of rotatable bonds is 3. The van der Waals surface area contributed by atoms with E-state index >= 15 is 0 Å². The minimum Gasteiger partial charge on any atom is -0.198 e. The Hall–Kier alpha value is -1.85. The van der Waals surface area contributed by atoms with E-state index in [4.69, 9.17) is 5.26 Å². The van der Waals surface area contributed by atoms with Gasteiger partial charge in [-0.25, -0.2) is 0 Å². The standard InChI is InChI=1S/C14H11NS/c15-10-9-13-5-2-1-4-12(13)7-8-14-6-3-11-16-14/h1-8,11H,9H2/b8-7+. The van der Waals surface area contributed by atoms with Gasteiger partial charge in [-0.3, -0.25) is 0 Å². The maximum atomic E-state index is 8.72. The van der Waals surface area contributed by atoms with Crippen molar-refractivity contribution in [3.63, 3.8) is 0 Å². The Kier molecular flexibility index (Phi) is 3.53. The lowest BCUT2D eigenvalue weighted by atomic mass is 10.0. The number of nitriles is 1. The second-order valence-electron chi connectivity index (χ2n) is 3.38. The molecule has 0 radical (unpaired) electrons. The van der Waals surface area contributed by atoms with Crippen LogP contribution in [0.4, 0.5) is 0 Å². The summed E-state index contributed by atoms with van der Waals surface area (Å²) >= 11 is 1.71. The van der Waals surface area contributed by atoms with E-state index in [1.807, 2.05) is 30.3 Å². The highest BCUT2D eigenvalue weighted by atomic mass is 32.1. The van der Waals surface area contributed by atoms with Crippen molar-refractivity contribution >= 4 is 23.5 Å². The Morgan fingerprint density at radius 2 is 2.00 bits per heavy atom. The Morgan fingerprint density at radius 3 is 2.75 bits per heavy atom. The third kappa shape index (κ3) is 2.59. The van der Waals surface area contributed by atoms with Gasteiger partial charge in [-0.05, 0) is 28.6 Å². The molecule has 1 nitrogen and oxygen atoms in total. The molecule has 78 valence electrons. The molecule has 0 aliphatic heterocycles. The molecule has 0 aliphatic rings. The molecular weight excluding hydrogens is 214 g/mol. The first-order valence-corrected chi connectivity index (χ1v) is 5.94. The van der Waals surface area contributed by atoms with E-state index in [-0.39, 0.29) is 0 Å². The third-order valence-corrected chi connectivity index (χ3v) is 3.13. The summed E-state index contributed by atoms with van der Waals surface area (Å²) < 4.78 is 0. The molecule has 16 heavy (non-hydrogen) atoms. The van der Waals surface area contributed by atoms with Crippen molar-refractivity contribution in [1.29, 1.82) is 5.26 Å². The van der Waals surface area contributed by atoms with Crippen LogP contribution in [0.3, 0.4) is 0 Å². The highest BCUT2D eigenvalue weighted by Gasteiger charge is 1.97. The van der Waals surface area contributed by atoms with E-state index in [2.05, 4.69) is 29.7 Å². The van der Waals surface area contributed by atoms with Gasteiger partial charge in [0.1, 0.15) is 0 Å². The molecule has 0 N–H and O–H groups in total. The average molecular weight is 225 g/mol. The molecule has 2 rings (SSSR count). The minimum atomic E-state index is 0.463. The predicted molar refractivity (Wildman–Crippen MR) is 69.0 cm³/mol. The number of nitrogens with zero attached hydrogens (tertiary/aromatic N) is 1. The number of thiophene rings is 1. The molecule has 0 spiro atoms. The van der Waals surface area contributed by atoms with Gasteiger partial charge in [0.15, 0.2) is 0 Å². The first kappa shape index (κ1) is 10.7. The molecule has 2 aromatic rings. The van der Waals surface area contributed by atoms with Crippen LogP contribution in [-0.2, 0) is 6.42 Å². The van der Waals surface area contributed by atoms with Crippen molar-refractivity contribution in [2.24, 2.45) is 0 Å².